The van der Waals surface area contributed by atoms with Crippen molar-refractivity contribution < 1.29 is 4.39 Å². The maximum Gasteiger partial charge on any atom is 0.127 e. The lowest BCUT2D eigenvalue weighted by Gasteiger charge is -2.26. The Bertz CT molecular complexity index is 389. The van der Waals surface area contributed by atoms with Crippen molar-refractivity contribution in [1.29, 1.82) is 0 Å². The van der Waals surface area contributed by atoms with Crippen LogP contribution in [0.2, 0.25) is 0 Å². The first-order chi connectivity index (χ1) is 9.62. The van der Waals surface area contributed by atoms with Gasteiger partial charge in [-0.3, -0.25) is 4.90 Å². The van der Waals surface area contributed by atoms with Gasteiger partial charge in [-0.05, 0) is 44.5 Å². The summed E-state index contributed by atoms with van der Waals surface area (Å²) >= 11 is 0. The zero-order valence-corrected chi connectivity index (χ0v) is 13.4. The molecule has 0 unspecified atom stereocenters. The van der Waals surface area contributed by atoms with E-state index in [1.54, 1.807) is 6.07 Å². The minimum absolute atomic E-state index is 0.0953. The Morgan fingerprint density at radius 3 is 2.50 bits per heavy atom. The van der Waals surface area contributed by atoms with Crippen LogP contribution >= 0.6 is 0 Å². The van der Waals surface area contributed by atoms with Gasteiger partial charge in [0.2, 0.25) is 0 Å². The van der Waals surface area contributed by atoms with Gasteiger partial charge in [0.05, 0.1) is 0 Å². The van der Waals surface area contributed by atoms with E-state index in [2.05, 4.69) is 38.0 Å². The third-order valence-corrected chi connectivity index (χ3v) is 3.85. The highest BCUT2D eigenvalue weighted by molar-refractivity contribution is 5.25. The lowest BCUT2D eigenvalue weighted by molar-refractivity contribution is 0.219. The second-order valence-corrected chi connectivity index (χ2v) is 5.49. The number of hydrogen-bond acceptors (Lipinski definition) is 2. The van der Waals surface area contributed by atoms with Crippen LogP contribution in [-0.4, -0.2) is 24.5 Å². The van der Waals surface area contributed by atoms with Crippen LogP contribution in [0.1, 0.15) is 51.2 Å². The van der Waals surface area contributed by atoms with E-state index in [0.29, 0.717) is 12.6 Å². The summed E-state index contributed by atoms with van der Waals surface area (Å²) in [6.07, 6.45) is 3.32. The van der Waals surface area contributed by atoms with Crippen LogP contribution in [0.3, 0.4) is 0 Å². The number of rotatable bonds is 9. The van der Waals surface area contributed by atoms with Gasteiger partial charge in [-0.1, -0.05) is 32.9 Å². The molecule has 0 bridgehead atoms. The van der Waals surface area contributed by atoms with Gasteiger partial charge in [-0.2, -0.15) is 0 Å². The van der Waals surface area contributed by atoms with E-state index in [-0.39, 0.29) is 5.82 Å². The number of benzene rings is 1. The normalized spacial score (nSPS) is 11.6. The summed E-state index contributed by atoms with van der Waals surface area (Å²) < 4.78 is 13.9. The maximum atomic E-state index is 13.9. The molecule has 2 nitrogen and oxygen atoms in total. The minimum Gasteiger partial charge on any atom is -0.313 e. The van der Waals surface area contributed by atoms with Crippen molar-refractivity contribution in [2.45, 2.75) is 59.2 Å². The summed E-state index contributed by atoms with van der Waals surface area (Å²) in [7, 11) is 2.08. The van der Waals surface area contributed by atoms with Gasteiger partial charge in [0.15, 0.2) is 0 Å². The average Bonchev–Trinajstić information content (AvgIpc) is 2.44. The Morgan fingerprint density at radius 1 is 1.20 bits per heavy atom. The Labute approximate surface area is 123 Å². The summed E-state index contributed by atoms with van der Waals surface area (Å²) in [5.74, 6) is -0.0953. The smallest absolute Gasteiger partial charge is 0.127 e. The van der Waals surface area contributed by atoms with E-state index in [1.807, 2.05) is 12.1 Å². The zero-order chi connectivity index (χ0) is 15.0. The van der Waals surface area contributed by atoms with Crippen LogP contribution in [0.25, 0.3) is 0 Å². The first kappa shape index (κ1) is 17.1. The molecule has 1 aromatic rings. The molecule has 0 spiro atoms. The summed E-state index contributed by atoms with van der Waals surface area (Å²) in [6, 6.07) is 5.99. The highest BCUT2D eigenvalue weighted by atomic mass is 19.1. The van der Waals surface area contributed by atoms with E-state index in [1.165, 1.54) is 0 Å². The standard InChI is InChI=1S/C17H29FN2/c1-5-10-19-12-14-8-9-17(18)15(11-14)13-20(4)16(6-2)7-3/h8-9,11,16,19H,5-7,10,12-13H2,1-4H3. The molecule has 0 amide bonds. The molecule has 0 aliphatic heterocycles. The van der Waals surface area contributed by atoms with Crippen LogP contribution in [0.4, 0.5) is 4.39 Å². The van der Waals surface area contributed by atoms with Crippen molar-refractivity contribution in [3.05, 3.63) is 35.1 Å². The Balaban J connectivity index is 2.70. The summed E-state index contributed by atoms with van der Waals surface area (Å²) in [5, 5.41) is 3.36. The van der Waals surface area contributed by atoms with Gasteiger partial charge in [0, 0.05) is 24.7 Å². The predicted octanol–water partition coefficient (Wildman–Crippen LogP) is 3.95. The molecule has 0 saturated heterocycles. The molecule has 0 aliphatic carbocycles. The van der Waals surface area contributed by atoms with E-state index >= 15 is 0 Å². The fourth-order valence-corrected chi connectivity index (χ4v) is 2.58. The molecule has 3 heteroatoms. The van der Waals surface area contributed by atoms with Gasteiger partial charge in [0.1, 0.15) is 5.82 Å². The molecular weight excluding hydrogens is 251 g/mol. The SMILES string of the molecule is CCCNCc1ccc(F)c(CN(C)C(CC)CC)c1. The van der Waals surface area contributed by atoms with Crippen molar-refractivity contribution in [3.63, 3.8) is 0 Å². The van der Waals surface area contributed by atoms with Crippen molar-refractivity contribution in [3.8, 4) is 0 Å². The molecule has 20 heavy (non-hydrogen) atoms. The van der Waals surface area contributed by atoms with Crippen molar-refractivity contribution in [2.24, 2.45) is 0 Å². The van der Waals surface area contributed by atoms with Crippen LogP contribution in [-0.2, 0) is 13.1 Å². The molecule has 0 atom stereocenters. The Hall–Kier alpha value is -0.930. The zero-order valence-electron chi connectivity index (χ0n) is 13.4. The fourth-order valence-electron chi connectivity index (χ4n) is 2.58. The maximum absolute atomic E-state index is 13.9. The van der Waals surface area contributed by atoms with Gasteiger partial charge in [-0.25, -0.2) is 4.39 Å². The number of halogens is 1. The van der Waals surface area contributed by atoms with Crippen molar-refractivity contribution >= 4 is 0 Å². The van der Waals surface area contributed by atoms with Crippen molar-refractivity contribution in [2.75, 3.05) is 13.6 Å². The molecule has 0 fully saturated rings. The molecule has 1 N–H and O–H groups in total. The quantitative estimate of drug-likeness (QED) is 0.689. The van der Waals surface area contributed by atoms with E-state index < -0.39 is 0 Å². The first-order valence-corrected chi connectivity index (χ1v) is 7.80. The topological polar surface area (TPSA) is 15.3 Å². The van der Waals surface area contributed by atoms with Gasteiger partial charge in [0.25, 0.3) is 0 Å². The summed E-state index contributed by atoms with van der Waals surface area (Å²) in [4.78, 5) is 2.25. The Morgan fingerprint density at radius 2 is 1.90 bits per heavy atom. The van der Waals surface area contributed by atoms with Gasteiger partial charge in [-0.15, -0.1) is 0 Å². The highest BCUT2D eigenvalue weighted by Gasteiger charge is 2.13. The van der Waals surface area contributed by atoms with E-state index in [4.69, 9.17) is 0 Å². The lowest BCUT2D eigenvalue weighted by Crippen LogP contribution is -2.30. The number of nitrogens with one attached hydrogen (secondary N) is 1. The second kappa shape index (κ2) is 9.09. The molecule has 0 saturated carbocycles. The summed E-state index contributed by atoms with van der Waals surface area (Å²) in [5.41, 5.74) is 1.96. The summed E-state index contributed by atoms with van der Waals surface area (Å²) in [6.45, 7) is 9.02. The molecule has 0 heterocycles. The van der Waals surface area contributed by atoms with Crippen LogP contribution in [0.15, 0.2) is 18.2 Å². The fraction of sp³-hybridized carbons (Fsp3) is 0.647. The second-order valence-electron chi connectivity index (χ2n) is 5.49. The minimum atomic E-state index is -0.0953. The Kier molecular flexibility index (Phi) is 7.78. The molecule has 114 valence electrons. The van der Waals surface area contributed by atoms with E-state index in [9.17, 15) is 4.39 Å². The predicted molar refractivity (Wildman–Crippen MR) is 84.2 cm³/mol. The monoisotopic (exact) mass is 280 g/mol. The third kappa shape index (κ3) is 5.22. The van der Waals surface area contributed by atoms with Crippen LogP contribution in [0.5, 0.6) is 0 Å². The molecule has 1 aromatic carbocycles. The van der Waals surface area contributed by atoms with Gasteiger partial charge < -0.3 is 5.32 Å². The largest absolute Gasteiger partial charge is 0.313 e. The molecule has 0 radical (unpaired) electrons. The third-order valence-electron chi connectivity index (χ3n) is 3.85. The lowest BCUT2D eigenvalue weighted by atomic mass is 10.1. The van der Waals surface area contributed by atoms with Gasteiger partial charge >= 0.3 is 0 Å². The number of nitrogens with zero attached hydrogens (tertiary/aromatic N) is 1. The average molecular weight is 280 g/mol. The molecule has 0 aliphatic rings. The number of hydrogen-bond donors (Lipinski definition) is 1. The molecule has 0 aromatic heterocycles. The molecular formula is C17H29FN2. The van der Waals surface area contributed by atoms with Crippen LogP contribution < -0.4 is 5.32 Å². The molecule has 1 rings (SSSR count). The van der Waals surface area contributed by atoms with Crippen molar-refractivity contribution in [1.82, 2.24) is 10.2 Å². The van der Waals surface area contributed by atoms with E-state index in [0.717, 1.165) is 43.5 Å². The first-order valence-electron chi connectivity index (χ1n) is 7.80. The van der Waals surface area contributed by atoms with Crippen LogP contribution in [0, 0.1) is 5.82 Å². The highest BCUT2D eigenvalue weighted by Crippen LogP contribution is 2.16.